The number of benzene rings is 2. The summed E-state index contributed by atoms with van der Waals surface area (Å²) in [6, 6.07) is 12.4. The second-order valence-electron chi connectivity index (χ2n) is 8.76. The van der Waals surface area contributed by atoms with Crippen molar-refractivity contribution in [3.8, 4) is 0 Å². The van der Waals surface area contributed by atoms with Crippen LogP contribution in [0.1, 0.15) is 42.4 Å². The maximum absolute atomic E-state index is 13.2. The van der Waals surface area contributed by atoms with Gasteiger partial charge in [0, 0.05) is 30.6 Å². The van der Waals surface area contributed by atoms with E-state index in [0.29, 0.717) is 55.1 Å². The molecule has 1 fully saturated rings. The van der Waals surface area contributed by atoms with Crippen molar-refractivity contribution in [3.05, 3.63) is 70.5 Å². The van der Waals surface area contributed by atoms with Gasteiger partial charge in [0.15, 0.2) is 0 Å². The number of esters is 1. The summed E-state index contributed by atoms with van der Waals surface area (Å²) in [4.78, 5) is 42.3. The number of hydrogen-bond donors (Lipinski definition) is 0. The molecule has 2 amide bonds. The zero-order valence-electron chi connectivity index (χ0n) is 19.2. The highest BCUT2D eigenvalue weighted by molar-refractivity contribution is 6.21. The Bertz CT molecular complexity index is 1240. The third kappa shape index (κ3) is 4.10. The monoisotopic (exact) mass is 462 g/mol. The lowest BCUT2D eigenvalue weighted by Crippen LogP contribution is -2.47. The van der Waals surface area contributed by atoms with Crippen LogP contribution in [-0.2, 0) is 9.47 Å². The molecule has 0 aliphatic carbocycles. The minimum atomic E-state index is -0.720. The maximum atomic E-state index is 13.2. The lowest BCUT2D eigenvalue weighted by Gasteiger charge is -2.31. The van der Waals surface area contributed by atoms with E-state index in [-0.39, 0.29) is 24.1 Å². The van der Waals surface area contributed by atoms with E-state index in [0.717, 1.165) is 15.8 Å². The summed E-state index contributed by atoms with van der Waals surface area (Å²) >= 11 is 0. The normalized spacial score (nSPS) is 17.3. The Morgan fingerprint density at radius 2 is 1.68 bits per heavy atom. The summed E-state index contributed by atoms with van der Waals surface area (Å²) < 4.78 is 17.1. The molecule has 0 saturated carbocycles. The number of amides is 2. The lowest BCUT2D eigenvalue weighted by molar-refractivity contribution is -0.0121. The number of carbonyl (C=O) groups excluding carboxylic acids is 3. The van der Waals surface area contributed by atoms with E-state index in [1.807, 2.05) is 32.0 Å². The van der Waals surface area contributed by atoms with Crippen LogP contribution in [0.3, 0.4) is 0 Å². The Morgan fingerprint density at radius 3 is 2.35 bits per heavy atom. The first-order valence-electron chi connectivity index (χ1n) is 11.4. The third-order valence-electron chi connectivity index (χ3n) is 6.38. The fraction of sp³-hybridized carbons (Fsp3) is 0.346. The number of furan rings is 1. The molecule has 8 heteroatoms. The fourth-order valence-electron chi connectivity index (χ4n) is 4.55. The van der Waals surface area contributed by atoms with Crippen LogP contribution in [0.5, 0.6) is 0 Å². The van der Waals surface area contributed by atoms with Crippen molar-refractivity contribution in [2.24, 2.45) is 0 Å². The average molecular weight is 463 g/mol. The van der Waals surface area contributed by atoms with Crippen LogP contribution >= 0.6 is 0 Å². The van der Waals surface area contributed by atoms with Crippen LogP contribution in [0, 0.1) is 13.8 Å². The van der Waals surface area contributed by atoms with Crippen molar-refractivity contribution >= 4 is 28.8 Å². The van der Waals surface area contributed by atoms with Crippen molar-refractivity contribution in [1.29, 1.82) is 0 Å². The second kappa shape index (κ2) is 9.04. The highest BCUT2D eigenvalue weighted by Crippen LogP contribution is 2.28. The SMILES string of the molecule is Cc1ccc2oc(C(=O)OC(CN3CCOCC3)CN3C(=O)c4ccccc4C3=O)c(C)c2c1. The number of morpholine rings is 1. The molecule has 5 rings (SSSR count). The minimum absolute atomic E-state index is 0.0339. The van der Waals surface area contributed by atoms with Crippen LogP contribution < -0.4 is 0 Å². The van der Waals surface area contributed by atoms with Crippen molar-refractivity contribution in [2.75, 3.05) is 39.4 Å². The summed E-state index contributed by atoms with van der Waals surface area (Å²) in [5, 5.41) is 0.858. The Labute approximate surface area is 197 Å². The zero-order chi connectivity index (χ0) is 23.8. The van der Waals surface area contributed by atoms with E-state index >= 15 is 0 Å². The van der Waals surface area contributed by atoms with Crippen molar-refractivity contribution in [1.82, 2.24) is 9.80 Å². The van der Waals surface area contributed by atoms with E-state index < -0.39 is 12.1 Å². The van der Waals surface area contributed by atoms with Gasteiger partial charge in [0.25, 0.3) is 11.8 Å². The zero-order valence-corrected chi connectivity index (χ0v) is 19.2. The highest BCUT2D eigenvalue weighted by Gasteiger charge is 2.38. The van der Waals surface area contributed by atoms with Crippen LogP contribution in [0.2, 0.25) is 0 Å². The molecule has 176 valence electrons. The molecule has 34 heavy (non-hydrogen) atoms. The molecule has 0 radical (unpaired) electrons. The molecule has 8 nitrogen and oxygen atoms in total. The van der Waals surface area contributed by atoms with E-state index in [1.54, 1.807) is 24.3 Å². The third-order valence-corrected chi connectivity index (χ3v) is 6.38. The molecule has 1 unspecified atom stereocenters. The van der Waals surface area contributed by atoms with E-state index in [4.69, 9.17) is 13.9 Å². The second-order valence-corrected chi connectivity index (χ2v) is 8.76. The molecule has 2 aliphatic heterocycles. The molecule has 2 aromatic carbocycles. The molecule has 1 atom stereocenters. The smallest absolute Gasteiger partial charge is 0.374 e. The number of nitrogens with zero attached hydrogens (tertiary/aromatic N) is 2. The highest BCUT2D eigenvalue weighted by atomic mass is 16.6. The molecule has 1 aromatic heterocycles. The topological polar surface area (TPSA) is 89.3 Å². The van der Waals surface area contributed by atoms with Gasteiger partial charge < -0.3 is 13.9 Å². The Balaban J connectivity index is 1.39. The predicted octanol–water partition coefficient (Wildman–Crippen LogP) is 3.20. The first kappa shape index (κ1) is 22.3. The number of imide groups is 1. The van der Waals surface area contributed by atoms with E-state index in [2.05, 4.69) is 4.90 Å². The summed E-state index contributed by atoms with van der Waals surface area (Å²) in [5.41, 5.74) is 3.11. The van der Waals surface area contributed by atoms with Gasteiger partial charge in [-0.25, -0.2) is 4.79 Å². The molecule has 0 bridgehead atoms. The molecule has 2 aliphatic rings. The van der Waals surface area contributed by atoms with Gasteiger partial charge in [0.05, 0.1) is 30.9 Å². The average Bonchev–Trinajstić information content (AvgIpc) is 3.29. The largest absolute Gasteiger partial charge is 0.453 e. The summed E-state index contributed by atoms with van der Waals surface area (Å²) in [5.74, 6) is -1.23. The molecular weight excluding hydrogens is 436 g/mol. The number of ether oxygens (including phenoxy) is 2. The molecule has 0 spiro atoms. The van der Waals surface area contributed by atoms with Gasteiger partial charge >= 0.3 is 5.97 Å². The van der Waals surface area contributed by atoms with Crippen LogP contribution in [0.15, 0.2) is 46.9 Å². The Kier molecular flexibility index (Phi) is 5.93. The van der Waals surface area contributed by atoms with Gasteiger partial charge in [-0.15, -0.1) is 0 Å². The summed E-state index contributed by atoms with van der Waals surface area (Å²) in [7, 11) is 0. The summed E-state index contributed by atoms with van der Waals surface area (Å²) in [6.07, 6.45) is -0.720. The van der Waals surface area contributed by atoms with Crippen LogP contribution in [0.25, 0.3) is 11.0 Å². The number of aryl methyl sites for hydroxylation is 2. The quantitative estimate of drug-likeness (QED) is 0.411. The van der Waals surface area contributed by atoms with Crippen molar-refractivity contribution in [3.63, 3.8) is 0 Å². The number of carbonyl (C=O) groups is 3. The van der Waals surface area contributed by atoms with Gasteiger partial charge in [0.1, 0.15) is 11.7 Å². The lowest BCUT2D eigenvalue weighted by atomic mass is 10.1. The number of hydrogen-bond acceptors (Lipinski definition) is 7. The Morgan fingerprint density at radius 1 is 1.00 bits per heavy atom. The molecule has 0 N–H and O–H groups in total. The summed E-state index contributed by atoms with van der Waals surface area (Å²) in [6.45, 7) is 6.66. The van der Waals surface area contributed by atoms with Gasteiger partial charge in [0.2, 0.25) is 5.76 Å². The standard InChI is InChI=1S/C26H26N2O6/c1-16-7-8-22-21(13-16)17(2)23(34-22)26(31)33-18(14-27-9-11-32-12-10-27)15-28-24(29)19-5-3-4-6-20(19)25(28)30/h3-8,13,18H,9-12,14-15H2,1-2H3. The molecular formula is C26H26N2O6. The van der Waals surface area contributed by atoms with Crippen LogP contribution in [0.4, 0.5) is 0 Å². The number of rotatable bonds is 6. The molecule has 3 heterocycles. The maximum Gasteiger partial charge on any atom is 0.374 e. The Hall–Kier alpha value is -3.49. The van der Waals surface area contributed by atoms with Gasteiger partial charge in [-0.3, -0.25) is 19.4 Å². The van der Waals surface area contributed by atoms with Crippen molar-refractivity contribution in [2.45, 2.75) is 20.0 Å². The van der Waals surface area contributed by atoms with E-state index in [9.17, 15) is 14.4 Å². The van der Waals surface area contributed by atoms with E-state index in [1.165, 1.54) is 0 Å². The first-order valence-corrected chi connectivity index (χ1v) is 11.4. The van der Waals surface area contributed by atoms with Gasteiger partial charge in [-0.1, -0.05) is 23.8 Å². The van der Waals surface area contributed by atoms with Gasteiger partial charge in [-0.2, -0.15) is 0 Å². The predicted molar refractivity (Wildman–Crippen MR) is 124 cm³/mol. The fourth-order valence-corrected chi connectivity index (χ4v) is 4.55. The minimum Gasteiger partial charge on any atom is -0.453 e. The van der Waals surface area contributed by atoms with Crippen molar-refractivity contribution < 1.29 is 28.3 Å². The number of fused-ring (bicyclic) bond motifs is 2. The molecule has 1 saturated heterocycles. The molecule has 3 aromatic rings. The first-order chi connectivity index (χ1) is 16.4. The van der Waals surface area contributed by atoms with Crippen LogP contribution in [-0.4, -0.2) is 73.1 Å². The van der Waals surface area contributed by atoms with Gasteiger partial charge in [-0.05, 0) is 38.1 Å².